The van der Waals surface area contributed by atoms with Crippen molar-refractivity contribution in [3.05, 3.63) is 64.1 Å². The number of hydrogen-bond acceptors (Lipinski definition) is 4. The van der Waals surface area contributed by atoms with Gasteiger partial charge in [0.25, 0.3) is 5.56 Å². The van der Waals surface area contributed by atoms with E-state index in [-0.39, 0.29) is 29.2 Å². The van der Waals surface area contributed by atoms with Crippen LogP contribution in [0.4, 0.5) is 0 Å². The van der Waals surface area contributed by atoms with E-state index < -0.39 is 0 Å². The second-order valence-electron chi connectivity index (χ2n) is 8.29. The lowest BCUT2D eigenvalue weighted by atomic mass is 9.86. The van der Waals surface area contributed by atoms with Gasteiger partial charge in [-0.05, 0) is 37.9 Å². The molecule has 6 heteroatoms. The molecule has 0 aliphatic carbocycles. The second-order valence-corrected chi connectivity index (χ2v) is 8.29. The molecule has 1 atom stereocenters. The van der Waals surface area contributed by atoms with Crippen LogP contribution in [-0.2, 0) is 17.9 Å². The summed E-state index contributed by atoms with van der Waals surface area (Å²) in [6.07, 6.45) is 2.13. The molecule has 1 aromatic carbocycles. The summed E-state index contributed by atoms with van der Waals surface area (Å²) < 4.78 is 1.43. The first-order chi connectivity index (χ1) is 13.4. The molecule has 0 saturated carbocycles. The second kappa shape index (κ2) is 7.43. The molecule has 3 heterocycles. The maximum atomic E-state index is 12.8. The van der Waals surface area contributed by atoms with Crippen molar-refractivity contribution in [1.29, 1.82) is 0 Å². The highest BCUT2D eigenvalue weighted by molar-refractivity contribution is 5.76. The first-order valence-electron chi connectivity index (χ1n) is 9.89. The number of likely N-dealkylation sites (tertiary alicyclic amines) is 2. The Morgan fingerprint density at radius 1 is 1.11 bits per heavy atom. The van der Waals surface area contributed by atoms with Crippen LogP contribution in [0.5, 0.6) is 5.75 Å². The third kappa shape index (κ3) is 3.83. The fourth-order valence-corrected chi connectivity index (χ4v) is 4.64. The number of hydrogen-bond donors (Lipinski definition) is 1. The first-order valence-corrected chi connectivity index (χ1v) is 9.89. The molecule has 4 rings (SSSR count). The number of benzene rings is 1. The molecule has 2 aliphatic heterocycles. The van der Waals surface area contributed by atoms with Crippen molar-refractivity contribution >= 4 is 5.91 Å². The Hall–Kier alpha value is -2.60. The van der Waals surface area contributed by atoms with Gasteiger partial charge in [0.1, 0.15) is 12.3 Å². The zero-order valence-corrected chi connectivity index (χ0v) is 16.3. The van der Waals surface area contributed by atoms with Crippen LogP contribution < -0.4 is 5.56 Å². The Labute approximate surface area is 165 Å². The van der Waals surface area contributed by atoms with Crippen molar-refractivity contribution in [2.24, 2.45) is 5.41 Å². The summed E-state index contributed by atoms with van der Waals surface area (Å²) in [5.41, 5.74) is 1.77. The minimum absolute atomic E-state index is 0.0192. The van der Waals surface area contributed by atoms with Gasteiger partial charge in [0.05, 0.1) is 0 Å². The number of rotatable bonds is 4. The Morgan fingerprint density at radius 2 is 1.86 bits per heavy atom. The summed E-state index contributed by atoms with van der Waals surface area (Å²) in [4.78, 5) is 29.3. The molecule has 2 saturated heterocycles. The highest BCUT2D eigenvalue weighted by Crippen LogP contribution is 2.40. The van der Waals surface area contributed by atoms with Crippen molar-refractivity contribution in [1.82, 2.24) is 14.4 Å². The maximum Gasteiger partial charge on any atom is 0.254 e. The highest BCUT2D eigenvalue weighted by Gasteiger charge is 2.44. The summed E-state index contributed by atoms with van der Waals surface area (Å²) >= 11 is 0. The molecule has 1 N–H and O–H groups in total. The zero-order chi connectivity index (χ0) is 19.7. The van der Waals surface area contributed by atoms with Gasteiger partial charge in [-0.2, -0.15) is 0 Å². The van der Waals surface area contributed by atoms with E-state index in [1.807, 2.05) is 11.0 Å². The molecule has 1 unspecified atom stereocenters. The van der Waals surface area contributed by atoms with Gasteiger partial charge in [-0.15, -0.1) is 0 Å². The zero-order valence-electron chi connectivity index (χ0n) is 16.3. The quantitative estimate of drug-likeness (QED) is 0.880. The maximum absolute atomic E-state index is 12.8. The van der Waals surface area contributed by atoms with Crippen molar-refractivity contribution < 1.29 is 9.90 Å². The predicted octanol–water partition coefficient (Wildman–Crippen LogP) is 1.99. The number of aromatic hydroxyl groups is 1. The van der Waals surface area contributed by atoms with E-state index in [4.69, 9.17) is 0 Å². The van der Waals surface area contributed by atoms with E-state index in [0.29, 0.717) is 5.69 Å². The largest absolute Gasteiger partial charge is 0.508 e. The van der Waals surface area contributed by atoms with Crippen LogP contribution in [0.3, 0.4) is 0 Å². The number of pyridine rings is 1. The topological polar surface area (TPSA) is 65.8 Å². The third-order valence-electron chi connectivity index (χ3n) is 6.17. The van der Waals surface area contributed by atoms with Gasteiger partial charge < -0.3 is 14.6 Å². The standard InChI is InChI=1S/C22H27N3O3/c1-17-11-19(26)12-20(27)25(17)14-21(28)24-10-8-22(16-24)7-9-23(15-22)13-18-5-3-2-4-6-18/h2-6,11-12,26H,7-10,13-16H2,1H3. The lowest BCUT2D eigenvalue weighted by Crippen LogP contribution is -2.37. The highest BCUT2D eigenvalue weighted by atomic mass is 16.3. The molecule has 0 radical (unpaired) electrons. The number of nitrogens with zero attached hydrogens (tertiary/aromatic N) is 3. The minimum atomic E-state index is -0.338. The molecule has 1 aromatic heterocycles. The van der Waals surface area contributed by atoms with Crippen LogP contribution in [0.1, 0.15) is 24.1 Å². The molecule has 1 amide bonds. The number of aryl methyl sites for hydroxylation is 1. The van der Waals surface area contributed by atoms with Crippen molar-refractivity contribution in [3.8, 4) is 5.75 Å². The fourth-order valence-electron chi connectivity index (χ4n) is 4.64. The molecular formula is C22H27N3O3. The van der Waals surface area contributed by atoms with Crippen LogP contribution in [0, 0.1) is 12.3 Å². The molecule has 0 bridgehead atoms. The Kier molecular flexibility index (Phi) is 4.98. The minimum Gasteiger partial charge on any atom is -0.508 e. The lowest BCUT2D eigenvalue weighted by Gasteiger charge is -2.25. The van der Waals surface area contributed by atoms with Crippen LogP contribution in [-0.4, -0.2) is 51.6 Å². The molecule has 148 valence electrons. The van der Waals surface area contributed by atoms with E-state index in [9.17, 15) is 14.7 Å². The third-order valence-corrected chi connectivity index (χ3v) is 6.17. The summed E-state index contributed by atoms with van der Waals surface area (Å²) in [6.45, 7) is 6.33. The Bertz CT molecular complexity index is 924. The summed E-state index contributed by atoms with van der Waals surface area (Å²) in [7, 11) is 0. The molecule has 2 fully saturated rings. The van der Waals surface area contributed by atoms with Gasteiger partial charge in [-0.1, -0.05) is 30.3 Å². The van der Waals surface area contributed by atoms with Gasteiger partial charge in [0, 0.05) is 43.4 Å². The normalized spacial score (nSPS) is 22.2. The average Bonchev–Trinajstić information content (AvgIpc) is 3.26. The average molecular weight is 381 g/mol. The van der Waals surface area contributed by atoms with Crippen LogP contribution >= 0.6 is 0 Å². The summed E-state index contributed by atoms with van der Waals surface area (Å²) in [6, 6.07) is 13.2. The predicted molar refractivity (Wildman–Crippen MR) is 107 cm³/mol. The number of carbonyl (C=O) groups excluding carboxylic acids is 1. The SMILES string of the molecule is Cc1cc(O)cc(=O)n1CC(=O)N1CCC2(CCN(Cc3ccccc3)C2)C1. The van der Waals surface area contributed by atoms with Crippen molar-refractivity contribution in [3.63, 3.8) is 0 Å². The van der Waals surface area contributed by atoms with Crippen molar-refractivity contribution in [2.75, 3.05) is 26.2 Å². The van der Waals surface area contributed by atoms with Gasteiger partial charge in [-0.3, -0.25) is 14.5 Å². The molecule has 1 spiro atoms. The van der Waals surface area contributed by atoms with Gasteiger partial charge in [0.15, 0.2) is 0 Å². The van der Waals surface area contributed by atoms with Gasteiger partial charge in [0.2, 0.25) is 5.91 Å². The van der Waals surface area contributed by atoms with Crippen molar-refractivity contribution in [2.45, 2.75) is 32.9 Å². The lowest BCUT2D eigenvalue weighted by molar-refractivity contribution is -0.131. The molecule has 2 aromatic rings. The van der Waals surface area contributed by atoms with Crippen LogP contribution in [0.2, 0.25) is 0 Å². The number of aromatic nitrogens is 1. The van der Waals surface area contributed by atoms with Crippen LogP contribution in [0.25, 0.3) is 0 Å². The molecule has 2 aliphatic rings. The number of amides is 1. The first kappa shape index (κ1) is 18.7. The molecule has 28 heavy (non-hydrogen) atoms. The smallest absolute Gasteiger partial charge is 0.254 e. The molecule has 6 nitrogen and oxygen atoms in total. The van der Waals surface area contributed by atoms with Crippen LogP contribution in [0.15, 0.2) is 47.3 Å². The number of carbonyl (C=O) groups is 1. The monoisotopic (exact) mass is 381 g/mol. The van der Waals surface area contributed by atoms with E-state index in [1.54, 1.807) is 6.92 Å². The Balaban J connectivity index is 1.38. The van der Waals surface area contributed by atoms with Gasteiger partial charge in [-0.25, -0.2) is 0 Å². The summed E-state index contributed by atoms with van der Waals surface area (Å²) in [5, 5.41) is 9.52. The van der Waals surface area contributed by atoms with E-state index in [0.717, 1.165) is 51.6 Å². The Morgan fingerprint density at radius 3 is 2.61 bits per heavy atom. The molecular weight excluding hydrogens is 354 g/mol. The summed E-state index contributed by atoms with van der Waals surface area (Å²) in [5.74, 6) is -0.0786. The van der Waals surface area contributed by atoms with E-state index in [2.05, 4.69) is 29.2 Å². The van der Waals surface area contributed by atoms with Gasteiger partial charge >= 0.3 is 0 Å². The van der Waals surface area contributed by atoms with E-state index in [1.165, 1.54) is 16.2 Å². The van der Waals surface area contributed by atoms with E-state index >= 15 is 0 Å². The fraction of sp³-hybridized carbons (Fsp3) is 0.455.